The Bertz CT molecular complexity index is 608. The van der Waals surface area contributed by atoms with Crippen LogP contribution in [0.4, 0.5) is 11.4 Å². The lowest BCUT2D eigenvalue weighted by molar-refractivity contribution is 0.102. The van der Waals surface area contributed by atoms with E-state index in [1.807, 2.05) is 0 Å². The molecule has 1 aliphatic heterocycles. The Morgan fingerprint density at radius 1 is 1.39 bits per heavy atom. The van der Waals surface area contributed by atoms with E-state index in [2.05, 4.69) is 15.5 Å². The third-order valence-electron chi connectivity index (χ3n) is 2.53. The second-order valence-electron chi connectivity index (χ2n) is 3.72. The zero-order chi connectivity index (χ0) is 12.5. The van der Waals surface area contributed by atoms with Crippen LogP contribution in [0.3, 0.4) is 0 Å². The highest BCUT2D eigenvalue weighted by molar-refractivity contribution is 6.06. The quantitative estimate of drug-likeness (QED) is 0.732. The van der Waals surface area contributed by atoms with Crippen LogP contribution >= 0.6 is 0 Å². The summed E-state index contributed by atoms with van der Waals surface area (Å²) in [4.78, 5) is 11.9. The van der Waals surface area contributed by atoms with Crippen molar-refractivity contribution in [3.63, 3.8) is 0 Å². The maximum atomic E-state index is 11.9. The molecule has 0 bridgehead atoms. The summed E-state index contributed by atoms with van der Waals surface area (Å²) in [7, 11) is 0. The van der Waals surface area contributed by atoms with E-state index in [0.29, 0.717) is 22.9 Å². The lowest BCUT2D eigenvalue weighted by Crippen LogP contribution is -2.14. The summed E-state index contributed by atoms with van der Waals surface area (Å²) in [5, 5.41) is 8.91. The molecule has 0 radical (unpaired) electrons. The number of hydrogen-bond donors (Lipinski definition) is 3. The van der Waals surface area contributed by atoms with Gasteiger partial charge in [-0.25, -0.2) is 0 Å². The normalized spacial score (nSPS) is 12.4. The number of carbonyl (C=O) groups excluding carboxylic acids is 1. The molecule has 7 nitrogen and oxygen atoms in total. The highest BCUT2D eigenvalue weighted by atomic mass is 16.7. The smallest absolute Gasteiger partial charge is 0.275 e. The molecule has 18 heavy (non-hydrogen) atoms. The van der Waals surface area contributed by atoms with Crippen LogP contribution in [0.1, 0.15) is 10.5 Å². The molecule has 0 spiro atoms. The number of H-pyrrole nitrogens is 1. The van der Waals surface area contributed by atoms with Crippen molar-refractivity contribution in [1.82, 2.24) is 10.2 Å². The number of ether oxygens (including phenoxy) is 2. The molecule has 0 aliphatic carbocycles. The van der Waals surface area contributed by atoms with Gasteiger partial charge in [0.2, 0.25) is 6.79 Å². The topological polar surface area (TPSA) is 102 Å². The van der Waals surface area contributed by atoms with Gasteiger partial charge in [-0.15, -0.1) is 0 Å². The van der Waals surface area contributed by atoms with Gasteiger partial charge in [0.1, 0.15) is 5.69 Å². The number of benzene rings is 1. The fraction of sp³-hybridized carbons (Fsp3) is 0.0909. The third-order valence-corrected chi connectivity index (χ3v) is 2.53. The van der Waals surface area contributed by atoms with Crippen molar-refractivity contribution < 1.29 is 14.3 Å². The highest BCUT2D eigenvalue weighted by Crippen LogP contribution is 2.34. The van der Waals surface area contributed by atoms with Gasteiger partial charge in [0.15, 0.2) is 11.5 Å². The Morgan fingerprint density at radius 2 is 2.22 bits per heavy atom. The second-order valence-corrected chi connectivity index (χ2v) is 3.72. The fourth-order valence-electron chi connectivity index (χ4n) is 1.65. The average Bonchev–Trinajstić information content (AvgIpc) is 2.96. The van der Waals surface area contributed by atoms with Crippen molar-refractivity contribution in [1.29, 1.82) is 0 Å². The number of amides is 1. The lowest BCUT2D eigenvalue weighted by atomic mass is 10.2. The van der Waals surface area contributed by atoms with E-state index in [9.17, 15) is 4.79 Å². The SMILES string of the molecule is Nc1cn[nH]c1C(=O)Nc1ccc2c(c1)OCO2. The number of nitrogens with one attached hydrogen (secondary N) is 2. The van der Waals surface area contributed by atoms with Gasteiger partial charge in [0.25, 0.3) is 5.91 Å². The van der Waals surface area contributed by atoms with E-state index < -0.39 is 0 Å². The van der Waals surface area contributed by atoms with Crippen LogP contribution in [-0.2, 0) is 0 Å². The van der Waals surface area contributed by atoms with Crippen LogP contribution in [0, 0.1) is 0 Å². The number of carbonyl (C=O) groups is 1. The van der Waals surface area contributed by atoms with Crippen LogP contribution in [0.25, 0.3) is 0 Å². The number of aromatic amines is 1. The fourth-order valence-corrected chi connectivity index (χ4v) is 1.65. The number of aromatic nitrogens is 2. The Labute approximate surface area is 102 Å². The molecular formula is C11H10N4O3. The van der Waals surface area contributed by atoms with Crippen molar-refractivity contribution in [2.24, 2.45) is 0 Å². The molecule has 1 aromatic heterocycles. The standard InChI is InChI=1S/C11H10N4O3/c12-7-4-13-15-10(7)11(16)14-6-1-2-8-9(3-6)18-5-17-8/h1-4H,5,12H2,(H,13,15)(H,14,16). The number of nitrogen functional groups attached to an aromatic ring is 1. The largest absolute Gasteiger partial charge is 0.454 e. The number of hydrogen-bond acceptors (Lipinski definition) is 5. The maximum absolute atomic E-state index is 11.9. The molecule has 0 saturated heterocycles. The van der Waals surface area contributed by atoms with E-state index >= 15 is 0 Å². The molecule has 0 saturated carbocycles. The number of nitrogens with two attached hydrogens (primary N) is 1. The summed E-state index contributed by atoms with van der Waals surface area (Å²) in [6.45, 7) is 0.195. The first kappa shape index (κ1) is 10.5. The van der Waals surface area contributed by atoms with Gasteiger partial charge in [0.05, 0.1) is 11.9 Å². The van der Waals surface area contributed by atoms with Gasteiger partial charge in [-0.2, -0.15) is 5.10 Å². The molecule has 1 amide bonds. The maximum Gasteiger partial charge on any atom is 0.275 e. The monoisotopic (exact) mass is 246 g/mol. The van der Waals surface area contributed by atoms with Crippen molar-refractivity contribution in [3.05, 3.63) is 30.1 Å². The molecule has 0 fully saturated rings. The molecular weight excluding hydrogens is 236 g/mol. The van der Waals surface area contributed by atoms with Crippen LogP contribution in [-0.4, -0.2) is 22.9 Å². The minimum absolute atomic E-state index is 0.195. The third kappa shape index (κ3) is 1.71. The predicted octanol–water partition coefficient (Wildman–Crippen LogP) is 0.973. The first-order valence-electron chi connectivity index (χ1n) is 5.24. The van der Waals surface area contributed by atoms with Crippen LogP contribution < -0.4 is 20.5 Å². The molecule has 1 aliphatic rings. The Balaban J connectivity index is 1.81. The zero-order valence-electron chi connectivity index (χ0n) is 9.27. The number of fused-ring (bicyclic) bond motifs is 1. The minimum Gasteiger partial charge on any atom is -0.454 e. The van der Waals surface area contributed by atoms with Crippen molar-refractivity contribution >= 4 is 17.3 Å². The zero-order valence-corrected chi connectivity index (χ0v) is 9.27. The van der Waals surface area contributed by atoms with E-state index in [1.54, 1.807) is 18.2 Å². The van der Waals surface area contributed by atoms with Crippen LogP contribution in [0.15, 0.2) is 24.4 Å². The average molecular weight is 246 g/mol. The number of rotatable bonds is 2. The van der Waals surface area contributed by atoms with Crippen molar-refractivity contribution in [2.75, 3.05) is 17.8 Å². The Morgan fingerprint density at radius 3 is 3.00 bits per heavy atom. The van der Waals surface area contributed by atoms with E-state index in [4.69, 9.17) is 15.2 Å². The summed E-state index contributed by atoms with van der Waals surface area (Å²) < 4.78 is 10.4. The summed E-state index contributed by atoms with van der Waals surface area (Å²) in [6.07, 6.45) is 1.38. The molecule has 92 valence electrons. The van der Waals surface area contributed by atoms with E-state index in [0.717, 1.165) is 0 Å². The van der Waals surface area contributed by atoms with Gasteiger partial charge in [-0.1, -0.05) is 0 Å². The second kappa shape index (κ2) is 3.95. The van der Waals surface area contributed by atoms with Crippen LogP contribution in [0.5, 0.6) is 11.5 Å². The first-order chi connectivity index (χ1) is 8.74. The van der Waals surface area contributed by atoms with Crippen molar-refractivity contribution in [3.8, 4) is 11.5 Å². The molecule has 2 aromatic rings. The molecule has 0 unspecified atom stereocenters. The Kier molecular flexibility index (Phi) is 2.30. The molecule has 4 N–H and O–H groups in total. The summed E-state index contributed by atoms with van der Waals surface area (Å²) in [5.41, 5.74) is 6.71. The van der Waals surface area contributed by atoms with E-state index in [-0.39, 0.29) is 18.4 Å². The van der Waals surface area contributed by atoms with Gasteiger partial charge < -0.3 is 20.5 Å². The van der Waals surface area contributed by atoms with Gasteiger partial charge in [-0.05, 0) is 12.1 Å². The molecule has 1 aromatic carbocycles. The molecule has 7 heteroatoms. The predicted molar refractivity (Wildman–Crippen MR) is 63.5 cm³/mol. The minimum atomic E-state index is -0.358. The number of anilines is 2. The van der Waals surface area contributed by atoms with E-state index in [1.165, 1.54) is 6.20 Å². The van der Waals surface area contributed by atoms with Crippen LogP contribution in [0.2, 0.25) is 0 Å². The summed E-state index contributed by atoms with van der Waals surface area (Å²) in [6, 6.07) is 5.14. The molecule has 0 atom stereocenters. The summed E-state index contributed by atoms with van der Waals surface area (Å²) in [5.74, 6) is 0.906. The molecule has 2 heterocycles. The Hall–Kier alpha value is -2.70. The van der Waals surface area contributed by atoms with Gasteiger partial charge >= 0.3 is 0 Å². The first-order valence-corrected chi connectivity index (χ1v) is 5.24. The van der Waals surface area contributed by atoms with Gasteiger partial charge in [0, 0.05) is 11.8 Å². The van der Waals surface area contributed by atoms with Gasteiger partial charge in [-0.3, -0.25) is 9.89 Å². The molecule has 3 rings (SSSR count). The lowest BCUT2D eigenvalue weighted by Gasteiger charge is -2.05. The summed E-state index contributed by atoms with van der Waals surface area (Å²) >= 11 is 0. The van der Waals surface area contributed by atoms with Crippen molar-refractivity contribution in [2.45, 2.75) is 0 Å². The highest BCUT2D eigenvalue weighted by Gasteiger charge is 2.16. The number of nitrogens with zero attached hydrogens (tertiary/aromatic N) is 1.